The largest absolute Gasteiger partial charge is 0.361 e. The molecule has 0 unspecified atom stereocenters. The molecule has 2 aliphatic rings. The van der Waals surface area contributed by atoms with Gasteiger partial charge in [0.2, 0.25) is 0 Å². The summed E-state index contributed by atoms with van der Waals surface area (Å²) in [5, 5.41) is 3.94. The average molecular weight is 331 g/mol. The van der Waals surface area contributed by atoms with Crippen molar-refractivity contribution in [2.24, 2.45) is 10.9 Å². The Hall–Kier alpha value is -1.98. The second-order valence-corrected chi connectivity index (χ2v) is 7.30. The molecular formula is C18H29N5O. The average Bonchev–Trinajstić information content (AvgIpc) is 3.11. The number of aryl methyl sites for hydroxylation is 2. The maximum Gasteiger partial charge on any atom is 0.152 e. The predicted octanol–water partition coefficient (Wildman–Crippen LogP) is 2.68. The van der Waals surface area contributed by atoms with E-state index in [-0.39, 0.29) is 0 Å². The van der Waals surface area contributed by atoms with Crippen LogP contribution in [-0.4, -0.2) is 59.2 Å². The van der Waals surface area contributed by atoms with E-state index in [1.54, 1.807) is 0 Å². The van der Waals surface area contributed by atoms with Gasteiger partial charge in [-0.1, -0.05) is 19.0 Å². The number of rotatable bonds is 7. The van der Waals surface area contributed by atoms with Crippen molar-refractivity contribution < 1.29 is 4.52 Å². The van der Waals surface area contributed by atoms with Crippen LogP contribution in [0.1, 0.15) is 38.1 Å². The first kappa shape index (κ1) is 16.9. The molecule has 6 nitrogen and oxygen atoms in total. The Morgan fingerprint density at radius 3 is 2.83 bits per heavy atom. The number of unbranched alkanes of at least 4 members (excludes halogenated alkanes) is 1. The lowest BCUT2D eigenvalue weighted by Gasteiger charge is -2.36. The van der Waals surface area contributed by atoms with Crippen molar-refractivity contribution >= 4 is 5.84 Å². The van der Waals surface area contributed by atoms with Crippen molar-refractivity contribution in [1.82, 2.24) is 19.9 Å². The van der Waals surface area contributed by atoms with E-state index in [4.69, 9.17) is 9.52 Å². The van der Waals surface area contributed by atoms with E-state index in [0.717, 1.165) is 63.0 Å². The molecule has 0 aromatic carbocycles. The van der Waals surface area contributed by atoms with E-state index in [0.29, 0.717) is 5.92 Å². The number of hydrogen-bond donors (Lipinski definition) is 0. The molecule has 3 rings (SSSR count). The fourth-order valence-electron chi connectivity index (χ4n) is 3.34. The number of likely N-dealkylation sites (N-methyl/N-ethyl adjacent to an activating group) is 1. The van der Waals surface area contributed by atoms with Gasteiger partial charge in [0, 0.05) is 38.8 Å². The minimum absolute atomic E-state index is 0.645. The SMILES string of the molecule is Cc1cc(CCCCN2C=C3C(=NCN3CC(C)C)N(C)C2)on1. The van der Waals surface area contributed by atoms with Gasteiger partial charge in [0.1, 0.15) is 12.4 Å². The molecule has 6 heteroatoms. The Morgan fingerprint density at radius 1 is 1.29 bits per heavy atom. The predicted molar refractivity (Wildman–Crippen MR) is 95.4 cm³/mol. The molecule has 0 spiro atoms. The van der Waals surface area contributed by atoms with Crippen molar-refractivity contribution in [1.29, 1.82) is 0 Å². The molecule has 0 amide bonds. The van der Waals surface area contributed by atoms with Gasteiger partial charge in [0.25, 0.3) is 0 Å². The van der Waals surface area contributed by atoms with Crippen molar-refractivity contribution in [3.05, 3.63) is 29.4 Å². The molecule has 24 heavy (non-hydrogen) atoms. The van der Waals surface area contributed by atoms with Gasteiger partial charge in [-0.05, 0) is 25.7 Å². The fraction of sp³-hybridized carbons (Fsp3) is 0.667. The molecule has 3 heterocycles. The zero-order valence-corrected chi connectivity index (χ0v) is 15.3. The number of aromatic nitrogens is 1. The smallest absolute Gasteiger partial charge is 0.152 e. The highest BCUT2D eigenvalue weighted by atomic mass is 16.5. The maximum atomic E-state index is 5.28. The van der Waals surface area contributed by atoms with Crippen molar-refractivity contribution in [3.63, 3.8) is 0 Å². The van der Waals surface area contributed by atoms with Crippen LogP contribution in [0.2, 0.25) is 0 Å². The molecule has 1 aromatic rings. The zero-order chi connectivity index (χ0) is 17.1. The second-order valence-electron chi connectivity index (χ2n) is 7.30. The highest BCUT2D eigenvalue weighted by Gasteiger charge is 2.29. The van der Waals surface area contributed by atoms with Gasteiger partial charge in [-0.25, -0.2) is 4.99 Å². The minimum atomic E-state index is 0.645. The van der Waals surface area contributed by atoms with E-state index in [9.17, 15) is 0 Å². The third-order valence-corrected chi connectivity index (χ3v) is 4.40. The molecule has 0 radical (unpaired) electrons. The highest BCUT2D eigenvalue weighted by molar-refractivity contribution is 5.99. The first-order valence-corrected chi connectivity index (χ1v) is 8.92. The van der Waals surface area contributed by atoms with Crippen LogP contribution in [0.15, 0.2) is 27.5 Å². The quantitative estimate of drug-likeness (QED) is 0.719. The number of amidine groups is 1. The lowest BCUT2D eigenvalue weighted by atomic mass is 10.2. The fourth-order valence-corrected chi connectivity index (χ4v) is 3.34. The molecule has 132 valence electrons. The lowest BCUT2D eigenvalue weighted by molar-refractivity contribution is 0.242. The van der Waals surface area contributed by atoms with Crippen LogP contribution in [-0.2, 0) is 6.42 Å². The van der Waals surface area contributed by atoms with Crippen LogP contribution in [0.4, 0.5) is 0 Å². The van der Waals surface area contributed by atoms with Gasteiger partial charge in [-0.15, -0.1) is 0 Å². The zero-order valence-electron chi connectivity index (χ0n) is 15.3. The summed E-state index contributed by atoms with van der Waals surface area (Å²) in [7, 11) is 2.13. The Morgan fingerprint density at radius 2 is 2.12 bits per heavy atom. The molecule has 0 saturated heterocycles. The minimum Gasteiger partial charge on any atom is -0.361 e. The molecular weight excluding hydrogens is 302 g/mol. The van der Waals surface area contributed by atoms with Crippen LogP contribution < -0.4 is 0 Å². The van der Waals surface area contributed by atoms with E-state index >= 15 is 0 Å². The first-order chi connectivity index (χ1) is 11.5. The van der Waals surface area contributed by atoms with Crippen LogP contribution in [0.3, 0.4) is 0 Å². The summed E-state index contributed by atoms with van der Waals surface area (Å²) in [5.74, 6) is 2.78. The van der Waals surface area contributed by atoms with Crippen LogP contribution in [0, 0.1) is 12.8 Å². The standard InChI is InChI=1S/C18H29N5O/c1-14(2)10-23-12-19-18-17(23)11-22(13-21(18)4)8-6-5-7-16-9-15(3)20-24-16/h9,11,14H,5-8,10,12-13H2,1-4H3. The molecule has 1 aromatic heterocycles. The molecule has 2 aliphatic heterocycles. The van der Waals surface area contributed by atoms with Gasteiger partial charge in [-0.3, -0.25) is 0 Å². The third kappa shape index (κ3) is 3.91. The summed E-state index contributed by atoms with van der Waals surface area (Å²) in [5.41, 5.74) is 2.24. The normalized spacial score (nSPS) is 17.5. The van der Waals surface area contributed by atoms with E-state index in [1.165, 1.54) is 5.70 Å². The summed E-state index contributed by atoms with van der Waals surface area (Å²) < 4.78 is 5.28. The maximum absolute atomic E-state index is 5.28. The van der Waals surface area contributed by atoms with Crippen molar-refractivity contribution in [2.75, 3.05) is 33.5 Å². The van der Waals surface area contributed by atoms with E-state index in [2.05, 4.69) is 47.0 Å². The topological polar surface area (TPSA) is 48.1 Å². The molecule has 0 aliphatic carbocycles. The Kier molecular flexibility index (Phi) is 5.11. The van der Waals surface area contributed by atoms with E-state index < -0.39 is 0 Å². The number of hydrogen-bond acceptors (Lipinski definition) is 6. The molecule has 0 fully saturated rings. The summed E-state index contributed by atoms with van der Waals surface area (Å²) in [6.45, 7) is 10.3. The van der Waals surface area contributed by atoms with Crippen LogP contribution in [0.5, 0.6) is 0 Å². The van der Waals surface area contributed by atoms with Gasteiger partial charge in [-0.2, -0.15) is 0 Å². The number of nitrogens with zero attached hydrogens (tertiary/aromatic N) is 5. The Labute approximate surface area is 144 Å². The second kappa shape index (κ2) is 7.28. The van der Waals surface area contributed by atoms with Gasteiger partial charge < -0.3 is 19.2 Å². The first-order valence-electron chi connectivity index (χ1n) is 8.92. The summed E-state index contributed by atoms with van der Waals surface area (Å²) in [4.78, 5) is 11.7. The lowest BCUT2D eigenvalue weighted by Crippen LogP contribution is -2.44. The Balaban J connectivity index is 1.52. The van der Waals surface area contributed by atoms with E-state index in [1.807, 2.05) is 13.0 Å². The van der Waals surface area contributed by atoms with Gasteiger partial charge in [0.15, 0.2) is 5.84 Å². The molecule has 0 atom stereocenters. The van der Waals surface area contributed by atoms with Gasteiger partial charge >= 0.3 is 0 Å². The number of fused-ring (bicyclic) bond motifs is 1. The molecule has 0 bridgehead atoms. The highest BCUT2D eigenvalue weighted by Crippen LogP contribution is 2.23. The Bertz CT molecular complexity index is 619. The number of aliphatic imine (C=N–C) groups is 1. The molecule has 0 N–H and O–H groups in total. The van der Waals surface area contributed by atoms with Crippen LogP contribution in [0.25, 0.3) is 0 Å². The van der Waals surface area contributed by atoms with Crippen LogP contribution >= 0.6 is 0 Å². The molecule has 0 saturated carbocycles. The monoisotopic (exact) mass is 331 g/mol. The summed E-state index contributed by atoms with van der Waals surface area (Å²) >= 11 is 0. The van der Waals surface area contributed by atoms with Gasteiger partial charge in [0.05, 0.1) is 18.1 Å². The van der Waals surface area contributed by atoms with Crippen molar-refractivity contribution in [3.8, 4) is 0 Å². The van der Waals surface area contributed by atoms with Crippen molar-refractivity contribution in [2.45, 2.75) is 40.0 Å². The third-order valence-electron chi connectivity index (χ3n) is 4.40. The summed E-state index contributed by atoms with van der Waals surface area (Å²) in [6.07, 6.45) is 5.53. The summed E-state index contributed by atoms with van der Waals surface area (Å²) in [6, 6.07) is 2.03.